The largest absolute Gasteiger partial charge is 0.490 e. The number of fused-ring (bicyclic) bond motifs is 4. The second kappa shape index (κ2) is 19.6. The van der Waals surface area contributed by atoms with E-state index in [2.05, 4.69) is 46.8 Å². The van der Waals surface area contributed by atoms with E-state index in [4.69, 9.17) is 30.0 Å². The molecule has 1 amide bonds. The predicted octanol–water partition coefficient (Wildman–Crippen LogP) is 1.15. The molecule has 1 saturated heterocycles. The highest BCUT2D eigenvalue weighted by Crippen LogP contribution is 2.66. The molecular weight excluding hydrogens is 979 g/mol. The van der Waals surface area contributed by atoms with Crippen molar-refractivity contribution in [2.75, 3.05) is 49.2 Å². The molecule has 0 saturated carbocycles. The maximum Gasteiger partial charge on any atom is 0.490 e. The van der Waals surface area contributed by atoms with Gasteiger partial charge >= 0.3 is 29.2 Å². The fraction of sp³-hybridized carbons (Fsp3) is 0.462. The number of phosphoric acid groups is 3. The Labute approximate surface area is 388 Å². The topological polar surface area (TPSA) is 361 Å². The Balaban J connectivity index is 0.984. The van der Waals surface area contributed by atoms with Crippen LogP contribution < -0.4 is 41.7 Å². The summed E-state index contributed by atoms with van der Waals surface area (Å²) in [5.41, 5.74) is 7.52. The Bertz CT molecular complexity index is 3100. The summed E-state index contributed by atoms with van der Waals surface area (Å²) >= 11 is 0. The van der Waals surface area contributed by atoms with Gasteiger partial charge in [-0.15, -0.1) is 0 Å². The Morgan fingerprint density at radius 1 is 1.10 bits per heavy atom. The molecule has 29 heteroatoms. The van der Waals surface area contributed by atoms with E-state index in [9.17, 15) is 51.1 Å². The number of aryl methyl sites for hydroxylation is 1. The molecule has 7 rings (SSSR count). The Hall–Kier alpha value is -4.67. The molecule has 68 heavy (non-hydrogen) atoms. The van der Waals surface area contributed by atoms with E-state index >= 15 is 0 Å². The summed E-state index contributed by atoms with van der Waals surface area (Å²) in [7, 11) is -21.4. The number of amides is 1. The zero-order chi connectivity index (χ0) is 49.6. The van der Waals surface area contributed by atoms with Gasteiger partial charge in [0, 0.05) is 54.9 Å². The average Bonchev–Trinajstić information content (AvgIpc) is 3.58. The normalized spacial score (nSPS) is 21.2. The molecule has 1 aromatic heterocycles. The summed E-state index contributed by atoms with van der Waals surface area (Å²) in [6.07, 6.45) is 0.895. The van der Waals surface area contributed by atoms with Gasteiger partial charge in [0.25, 0.3) is 10.1 Å². The number of carbonyl (C=O) groups excluding carboxylic acids is 1. The summed E-state index contributed by atoms with van der Waals surface area (Å²) in [5.74, 6) is 5.27. The summed E-state index contributed by atoms with van der Waals surface area (Å²) < 4.78 is 96.0. The van der Waals surface area contributed by atoms with Crippen LogP contribution in [0.15, 0.2) is 46.3 Å². The lowest BCUT2D eigenvalue weighted by molar-refractivity contribution is -0.120. The van der Waals surface area contributed by atoms with Crippen LogP contribution in [0, 0.1) is 11.8 Å². The maximum atomic E-state index is 13.0. The number of aliphatic hydroxyl groups excluding tert-OH is 1. The van der Waals surface area contributed by atoms with E-state index in [0.717, 1.165) is 35.9 Å². The third kappa shape index (κ3) is 12.4. The highest BCUT2D eigenvalue weighted by molar-refractivity contribution is 7.86. The minimum Gasteiger partial charge on any atom is -0.452 e. The number of rotatable bonds is 16. The number of hydrogen-bond donors (Lipinski definition) is 8. The van der Waals surface area contributed by atoms with E-state index in [1.807, 2.05) is 36.9 Å². The van der Waals surface area contributed by atoms with Crippen molar-refractivity contribution in [3.8, 4) is 23.3 Å². The zero-order valence-corrected chi connectivity index (χ0v) is 40.1. The van der Waals surface area contributed by atoms with Crippen molar-refractivity contribution >= 4 is 62.3 Å². The second-order valence-electron chi connectivity index (χ2n) is 16.6. The molecule has 2 aromatic carbocycles. The van der Waals surface area contributed by atoms with Gasteiger partial charge in [0.1, 0.15) is 48.0 Å². The van der Waals surface area contributed by atoms with E-state index in [1.165, 1.54) is 11.8 Å². The van der Waals surface area contributed by atoms with Crippen LogP contribution in [0.25, 0.3) is 5.57 Å². The van der Waals surface area contributed by atoms with Crippen LogP contribution in [0.5, 0.6) is 11.5 Å². The first-order valence-corrected chi connectivity index (χ1v) is 27.0. The van der Waals surface area contributed by atoms with Crippen LogP contribution in [0.1, 0.15) is 69.4 Å². The number of aromatic nitrogens is 2. The van der Waals surface area contributed by atoms with Gasteiger partial charge in [0.2, 0.25) is 11.3 Å². The summed E-state index contributed by atoms with van der Waals surface area (Å²) in [6, 6.07) is 7.61. The van der Waals surface area contributed by atoms with Gasteiger partial charge in [0.15, 0.2) is 11.5 Å². The third-order valence-electron chi connectivity index (χ3n) is 11.2. The molecule has 4 aliphatic rings. The van der Waals surface area contributed by atoms with Gasteiger partial charge in [-0.05, 0) is 51.3 Å². The van der Waals surface area contributed by atoms with Crippen LogP contribution in [-0.2, 0) is 52.9 Å². The molecule has 368 valence electrons. The molecule has 2 unspecified atom stereocenters. The maximum absolute atomic E-state index is 13.0. The van der Waals surface area contributed by atoms with Crippen LogP contribution in [0.4, 0.5) is 17.2 Å². The first kappa shape index (κ1) is 51.2. The van der Waals surface area contributed by atoms with Crippen molar-refractivity contribution in [3.63, 3.8) is 0 Å². The Morgan fingerprint density at radius 3 is 2.56 bits per heavy atom. The minimum atomic E-state index is -5.79. The number of nitrogens with two attached hydrogens (primary N) is 1. The molecule has 3 aromatic rings. The van der Waals surface area contributed by atoms with E-state index in [1.54, 1.807) is 12.1 Å². The van der Waals surface area contributed by atoms with Crippen molar-refractivity contribution in [2.45, 2.75) is 76.9 Å². The highest BCUT2D eigenvalue weighted by atomic mass is 32.2. The van der Waals surface area contributed by atoms with Gasteiger partial charge in [-0.1, -0.05) is 17.9 Å². The van der Waals surface area contributed by atoms with Gasteiger partial charge in [-0.2, -0.15) is 22.0 Å². The standard InChI is InChI=1S/C39H48N7O18P3S/c1-4-44-12-6-9-23-14-27-32(16-29(23)44)61-33-17-30-26(15-28(33)42-27)25(22-68(57,58)59)19-39(2,3)46(30)13-7-10-35(48)41-11-5-8-24-20-45(38(49)43-37(24)40)36-18-31(47)34(62-36)21-60-66(53,54)64-67(55,56)63-65(50,51)52/h14-17,19-20,31,34,36,47H,4,6-7,9-13,18,21-22H2,1-3H3,(H7-,40,41,43,48,49,50,51,52,53,54,55,56,57,58,59)/p+1/t31-,34+,36+/m0/s1. The quantitative estimate of drug-likeness (QED) is 0.0338. The first-order chi connectivity index (χ1) is 31.7. The number of ether oxygens (including phenoxy) is 2. The van der Waals surface area contributed by atoms with E-state index < -0.39 is 75.6 Å². The number of nitrogens with zero attached hydrogens (tertiary/aromatic N) is 5. The average molecular weight is 1030 g/mol. The molecule has 1 fully saturated rings. The van der Waals surface area contributed by atoms with Gasteiger partial charge < -0.3 is 50.1 Å². The molecule has 0 spiro atoms. The molecule has 0 aliphatic carbocycles. The lowest BCUT2D eigenvalue weighted by atomic mass is 9.88. The third-order valence-corrected chi connectivity index (χ3v) is 15.7. The van der Waals surface area contributed by atoms with Gasteiger partial charge in [-0.3, -0.25) is 18.4 Å². The number of benzene rings is 2. The first-order valence-electron chi connectivity index (χ1n) is 20.9. The highest BCUT2D eigenvalue weighted by Gasteiger charge is 2.43. The number of anilines is 2. The molecule has 4 aliphatic heterocycles. The minimum absolute atomic E-state index is 0.0332. The summed E-state index contributed by atoms with van der Waals surface area (Å²) in [6.45, 7) is 6.90. The summed E-state index contributed by atoms with van der Waals surface area (Å²) in [4.78, 5) is 72.9. The van der Waals surface area contributed by atoms with Crippen LogP contribution in [0.2, 0.25) is 0 Å². The lowest BCUT2D eigenvalue weighted by Crippen LogP contribution is -2.46. The molecular formula is C39H49N7O18P3S+. The van der Waals surface area contributed by atoms with Crippen molar-refractivity contribution < 1.29 is 78.8 Å². The Kier molecular flexibility index (Phi) is 14.8. The SMILES string of the molecule is CC[N+]1=c2cc3c(cc2CCC1)=Nc1cc2c(cc1O3)N(CCCC(=O)NCC#Cc1cn([C@H]3C[C@H](O)[C@@H](COP(=O)(O)OP(=O)(O)OP(=O)(O)O)O3)c(=O)nc1N)C(C)(C)C=C2CS(=O)(=O)O. The molecule has 25 nitrogen and oxygen atoms in total. The van der Waals surface area contributed by atoms with Crippen LogP contribution in [-0.4, -0.2) is 109 Å². The number of hydrogen-bond acceptors (Lipinski definition) is 17. The fourth-order valence-corrected chi connectivity index (χ4v) is 12.0. The number of nitrogens with one attached hydrogen (secondary N) is 1. The van der Waals surface area contributed by atoms with E-state index in [-0.39, 0.29) is 36.7 Å². The van der Waals surface area contributed by atoms with Crippen LogP contribution >= 0.6 is 23.5 Å². The van der Waals surface area contributed by atoms with Crippen LogP contribution in [0.3, 0.4) is 0 Å². The van der Waals surface area contributed by atoms with Crippen molar-refractivity contribution in [3.05, 3.63) is 74.4 Å². The van der Waals surface area contributed by atoms with Gasteiger partial charge in [-0.25, -0.2) is 28.1 Å². The summed E-state index contributed by atoms with van der Waals surface area (Å²) in [5, 5.41) is 15.0. The monoisotopic (exact) mass is 1030 g/mol. The van der Waals surface area contributed by atoms with Crippen molar-refractivity contribution in [2.24, 2.45) is 4.99 Å². The van der Waals surface area contributed by atoms with Crippen molar-refractivity contribution in [1.29, 1.82) is 0 Å². The molecule has 5 atom stereocenters. The molecule has 9 N–H and O–H groups in total. The predicted molar refractivity (Wildman–Crippen MR) is 241 cm³/mol. The zero-order valence-electron chi connectivity index (χ0n) is 36.6. The molecule has 5 heterocycles. The number of nitrogen functional groups attached to an aromatic ring is 1. The molecule has 0 radical (unpaired) electrons. The lowest BCUT2D eigenvalue weighted by Gasteiger charge is -2.44. The number of phosphoric ester groups is 1. The number of aliphatic hydroxyl groups is 1. The van der Waals surface area contributed by atoms with Crippen molar-refractivity contribution in [1.82, 2.24) is 19.4 Å². The molecule has 0 bridgehead atoms. The second-order valence-corrected chi connectivity index (χ2v) is 22.5. The number of carbonyl (C=O) groups is 1. The smallest absolute Gasteiger partial charge is 0.452 e. The van der Waals surface area contributed by atoms with E-state index in [0.29, 0.717) is 52.3 Å². The Morgan fingerprint density at radius 2 is 1.85 bits per heavy atom. The fourth-order valence-electron chi connectivity index (χ4n) is 8.31. The van der Waals surface area contributed by atoms with Gasteiger partial charge in [0.05, 0.1) is 36.4 Å².